The Bertz CT molecular complexity index is 1090. The predicted molar refractivity (Wildman–Crippen MR) is 123 cm³/mol. The van der Waals surface area contributed by atoms with Gasteiger partial charge in [-0.15, -0.1) is 0 Å². The van der Waals surface area contributed by atoms with E-state index in [-0.39, 0.29) is 17.6 Å². The van der Waals surface area contributed by atoms with Crippen molar-refractivity contribution in [1.29, 1.82) is 0 Å². The van der Waals surface area contributed by atoms with Crippen LogP contribution in [-0.2, 0) is 11.2 Å². The smallest absolute Gasteiger partial charge is 0.220 e. The molecule has 0 saturated heterocycles. The number of benzene rings is 3. The number of carbonyl (C=O) groups excluding carboxylic acids is 1. The van der Waals surface area contributed by atoms with Gasteiger partial charge in [-0.2, -0.15) is 0 Å². The van der Waals surface area contributed by atoms with E-state index in [1.54, 1.807) is 18.3 Å². The molecule has 1 heterocycles. The molecular formula is C27H25FN2O2. The summed E-state index contributed by atoms with van der Waals surface area (Å²) in [6, 6.07) is 26.8. The zero-order chi connectivity index (χ0) is 22.2. The van der Waals surface area contributed by atoms with Gasteiger partial charge in [0.2, 0.25) is 5.91 Å². The predicted octanol–water partition coefficient (Wildman–Crippen LogP) is 5.75. The summed E-state index contributed by atoms with van der Waals surface area (Å²) in [5, 5.41) is 6.89. The zero-order valence-electron chi connectivity index (χ0n) is 17.7. The Kier molecular flexibility index (Phi) is 7.08. The molecule has 5 heteroatoms. The lowest BCUT2D eigenvalue weighted by Gasteiger charge is -2.18. The number of hydrogen-bond donors (Lipinski definition) is 1. The molecule has 1 amide bonds. The molecule has 1 N–H and O–H groups in total. The van der Waals surface area contributed by atoms with Crippen LogP contribution in [0, 0.1) is 5.82 Å². The normalized spacial score (nSPS) is 10.9. The maximum absolute atomic E-state index is 13.2. The fourth-order valence-electron chi connectivity index (χ4n) is 3.87. The Balaban J connectivity index is 1.32. The SMILES string of the molecule is O=C(CCc1cnoc1-c1ccc(F)cc1)NCCC(c1ccccc1)c1ccccc1. The largest absolute Gasteiger partial charge is 0.356 e. The van der Waals surface area contributed by atoms with Gasteiger partial charge in [-0.3, -0.25) is 4.79 Å². The molecule has 0 aliphatic rings. The van der Waals surface area contributed by atoms with Crippen molar-refractivity contribution < 1.29 is 13.7 Å². The maximum Gasteiger partial charge on any atom is 0.220 e. The van der Waals surface area contributed by atoms with E-state index in [1.165, 1.54) is 23.3 Å². The van der Waals surface area contributed by atoms with E-state index in [2.05, 4.69) is 34.7 Å². The van der Waals surface area contributed by atoms with Crippen LogP contribution < -0.4 is 5.32 Å². The zero-order valence-corrected chi connectivity index (χ0v) is 17.7. The Morgan fingerprint density at radius 2 is 1.53 bits per heavy atom. The number of aromatic nitrogens is 1. The van der Waals surface area contributed by atoms with Crippen LogP contribution in [0.25, 0.3) is 11.3 Å². The van der Waals surface area contributed by atoms with E-state index < -0.39 is 0 Å². The van der Waals surface area contributed by atoms with Crippen LogP contribution in [0.5, 0.6) is 0 Å². The van der Waals surface area contributed by atoms with Crippen LogP contribution in [0.3, 0.4) is 0 Å². The molecule has 0 bridgehead atoms. The molecule has 0 unspecified atom stereocenters. The standard InChI is InChI=1S/C27H25FN2O2/c28-24-14-11-22(12-15-24)27-23(19-30-32-27)13-16-26(31)29-18-17-25(20-7-3-1-4-8-20)21-9-5-2-6-10-21/h1-12,14-15,19,25H,13,16-18H2,(H,29,31). The van der Waals surface area contributed by atoms with Crippen molar-refractivity contribution in [1.82, 2.24) is 10.5 Å². The van der Waals surface area contributed by atoms with Crippen LogP contribution >= 0.6 is 0 Å². The maximum atomic E-state index is 13.2. The van der Waals surface area contributed by atoms with Gasteiger partial charge in [0.25, 0.3) is 0 Å². The van der Waals surface area contributed by atoms with Crippen LogP contribution in [0.1, 0.15) is 35.4 Å². The Morgan fingerprint density at radius 1 is 0.906 bits per heavy atom. The van der Waals surface area contributed by atoms with Crippen LogP contribution in [-0.4, -0.2) is 17.6 Å². The van der Waals surface area contributed by atoms with Gasteiger partial charge in [0.15, 0.2) is 5.76 Å². The number of amides is 1. The van der Waals surface area contributed by atoms with Crippen molar-refractivity contribution in [2.45, 2.75) is 25.2 Å². The summed E-state index contributed by atoms with van der Waals surface area (Å²) in [6.45, 7) is 0.585. The number of carbonyl (C=O) groups is 1. The molecule has 4 aromatic rings. The van der Waals surface area contributed by atoms with Crippen molar-refractivity contribution in [3.63, 3.8) is 0 Å². The van der Waals surface area contributed by atoms with Gasteiger partial charge in [0, 0.05) is 30.0 Å². The second-order valence-electron chi connectivity index (χ2n) is 7.70. The first kappa shape index (κ1) is 21.5. The van der Waals surface area contributed by atoms with Gasteiger partial charge in [-0.25, -0.2) is 4.39 Å². The quantitative estimate of drug-likeness (QED) is 0.369. The first-order valence-electron chi connectivity index (χ1n) is 10.8. The molecule has 32 heavy (non-hydrogen) atoms. The average molecular weight is 429 g/mol. The van der Waals surface area contributed by atoms with Gasteiger partial charge in [-0.1, -0.05) is 65.8 Å². The number of nitrogens with one attached hydrogen (secondary N) is 1. The van der Waals surface area contributed by atoms with E-state index in [0.29, 0.717) is 25.1 Å². The monoisotopic (exact) mass is 428 g/mol. The minimum atomic E-state index is -0.307. The summed E-state index contributed by atoms with van der Waals surface area (Å²) in [4.78, 5) is 12.5. The van der Waals surface area contributed by atoms with E-state index in [9.17, 15) is 9.18 Å². The molecule has 0 spiro atoms. The molecule has 0 radical (unpaired) electrons. The molecule has 4 rings (SSSR count). The van der Waals surface area contributed by atoms with Crippen molar-refractivity contribution in [3.8, 4) is 11.3 Å². The first-order chi connectivity index (χ1) is 15.7. The molecule has 0 aliphatic heterocycles. The fourth-order valence-corrected chi connectivity index (χ4v) is 3.87. The highest BCUT2D eigenvalue weighted by atomic mass is 19.1. The Morgan fingerprint density at radius 3 is 2.16 bits per heavy atom. The second kappa shape index (κ2) is 10.5. The summed E-state index contributed by atoms with van der Waals surface area (Å²) < 4.78 is 18.5. The molecule has 0 saturated carbocycles. The fraction of sp³-hybridized carbons (Fsp3) is 0.185. The lowest BCUT2D eigenvalue weighted by Crippen LogP contribution is -2.26. The Labute approximate surface area is 187 Å². The third-order valence-electron chi connectivity index (χ3n) is 5.53. The number of halogens is 1. The Hall–Kier alpha value is -3.73. The summed E-state index contributed by atoms with van der Waals surface area (Å²) in [5.41, 5.74) is 4.05. The summed E-state index contributed by atoms with van der Waals surface area (Å²) in [7, 11) is 0. The number of rotatable bonds is 9. The molecule has 162 valence electrons. The summed E-state index contributed by atoms with van der Waals surface area (Å²) in [6.07, 6.45) is 3.26. The van der Waals surface area contributed by atoms with Gasteiger partial charge in [-0.05, 0) is 48.2 Å². The van der Waals surface area contributed by atoms with Crippen molar-refractivity contribution in [2.75, 3.05) is 6.54 Å². The topological polar surface area (TPSA) is 55.1 Å². The highest BCUT2D eigenvalue weighted by Crippen LogP contribution is 2.27. The number of hydrogen-bond acceptors (Lipinski definition) is 3. The van der Waals surface area contributed by atoms with Gasteiger partial charge in [0.05, 0.1) is 6.20 Å². The first-order valence-corrected chi connectivity index (χ1v) is 10.8. The van der Waals surface area contributed by atoms with Gasteiger partial charge in [0.1, 0.15) is 5.82 Å². The van der Waals surface area contributed by atoms with E-state index in [1.807, 2.05) is 36.4 Å². The van der Waals surface area contributed by atoms with Gasteiger partial charge >= 0.3 is 0 Å². The highest BCUT2D eigenvalue weighted by molar-refractivity contribution is 5.76. The van der Waals surface area contributed by atoms with Crippen molar-refractivity contribution in [2.24, 2.45) is 0 Å². The molecule has 4 nitrogen and oxygen atoms in total. The molecule has 0 aliphatic carbocycles. The lowest BCUT2D eigenvalue weighted by molar-refractivity contribution is -0.121. The molecule has 0 fully saturated rings. The second-order valence-corrected chi connectivity index (χ2v) is 7.70. The molecular weight excluding hydrogens is 403 g/mol. The lowest BCUT2D eigenvalue weighted by atomic mass is 9.88. The average Bonchev–Trinajstić information content (AvgIpc) is 3.31. The van der Waals surface area contributed by atoms with Crippen LogP contribution in [0.15, 0.2) is 95.6 Å². The highest BCUT2D eigenvalue weighted by Gasteiger charge is 2.15. The molecule has 1 aromatic heterocycles. The van der Waals surface area contributed by atoms with Crippen molar-refractivity contribution >= 4 is 5.91 Å². The van der Waals surface area contributed by atoms with Crippen LogP contribution in [0.4, 0.5) is 4.39 Å². The third kappa shape index (κ3) is 5.49. The van der Waals surface area contributed by atoms with Gasteiger partial charge < -0.3 is 9.84 Å². The summed E-state index contributed by atoms with van der Waals surface area (Å²) in [5.74, 6) is 0.474. The summed E-state index contributed by atoms with van der Waals surface area (Å²) >= 11 is 0. The van der Waals surface area contributed by atoms with E-state index >= 15 is 0 Å². The number of aryl methyl sites for hydroxylation is 1. The van der Waals surface area contributed by atoms with Crippen LogP contribution in [0.2, 0.25) is 0 Å². The number of nitrogens with zero attached hydrogens (tertiary/aromatic N) is 1. The minimum Gasteiger partial charge on any atom is -0.356 e. The molecule has 3 aromatic carbocycles. The van der Waals surface area contributed by atoms with Crippen molar-refractivity contribution in [3.05, 3.63) is 114 Å². The van der Waals surface area contributed by atoms with E-state index in [0.717, 1.165) is 17.5 Å². The third-order valence-corrected chi connectivity index (χ3v) is 5.53. The van der Waals surface area contributed by atoms with E-state index in [4.69, 9.17) is 4.52 Å². The molecule has 0 atom stereocenters. The minimum absolute atomic E-state index is 0.0175.